The van der Waals surface area contributed by atoms with Crippen LogP contribution in [0.4, 0.5) is 5.69 Å². The molecule has 0 bridgehead atoms. The maximum absolute atomic E-state index is 11.5. The summed E-state index contributed by atoms with van der Waals surface area (Å²) in [6, 6.07) is 6.12. The molecule has 2 N–H and O–H groups in total. The Kier molecular flexibility index (Phi) is 4.22. The zero-order valence-electron chi connectivity index (χ0n) is 11.0. The summed E-state index contributed by atoms with van der Waals surface area (Å²) in [7, 11) is -4.43. The van der Waals surface area contributed by atoms with Crippen LogP contribution in [0.1, 0.15) is 24.0 Å². The summed E-state index contributed by atoms with van der Waals surface area (Å²) < 4.78 is 32.2. The first-order chi connectivity index (χ1) is 9.95. The van der Waals surface area contributed by atoms with E-state index in [9.17, 15) is 13.0 Å². The molecule has 0 radical (unpaired) electrons. The maximum atomic E-state index is 11.5. The molecule has 0 unspecified atom stereocenters. The molecule has 0 spiro atoms. The lowest BCUT2D eigenvalue weighted by Gasteiger charge is -2.18. The standard InChI is InChI=1S/C13H12N4O3S/c14-7-11(8-15)16-17-12-5-9-3-1-2-4-10(9)6-13(12)21(18,19)20/h5-6,17H,1-4H2,(H,18,19,20). The van der Waals surface area contributed by atoms with E-state index in [2.05, 4.69) is 10.5 Å². The highest BCUT2D eigenvalue weighted by Crippen LogP contribution is 2.30. The minimum atomic E-state index is -4.43. The molecule has 2 rings (SSSR count). The molecule has 0 aromatic heterocycles. The smallest absolute Gasteiger partial charge is 0.282 e. The van der Waals surface area contributed by atoms with Crippen molar-refractivity contribution in [2.24, 2.45) is 5.10 Å². The third-order valence-electron chi connectivity index (χ3n) is 3.22. The molecule has 0 saturated carbocycles. The van der Waals surface area contributed by atoms with Gasteiger partial charge < -0.3 is 0 Å². The van der Waals surface area contributed by atoms with Crippen LogP contribution in [0.5, 0.6) is 0 Å². The number of fused-ring (bicyclic) bond motifs is 1. The zero-order valence-corrected chi connectivity index (χ0v) is 11.8. The minimum Gasteiger partial charge on any atom is -0.282 e. The van der Waals surface area contributed by atoms with Crippen molar-refractivity contribution in [2.45, 2.75) is 30.6 Å². The summed E-state index contributed by atoms with van der Waals surface area (Å²) in [5.74, 6) is 0. The summed E-state index contributed by atoms with van der Waals surface area (Å²) >= 11 is 0. The number of hydrogen-bond acceptors (Lipinski definition) is 6. The van der Waals surface area contributed by atoms with Gasteiger partial charge in [-0.05, 0) is 48.9 Å². The maximum Gasteiger partial charge on any atom is 0.296 e. The van der Waals surface area contributed by atoms with Gasteiger partial charge in [0.05, 0.1) is 5.69 Å². The number of benzene rings is 1. The fourth-order valence-electron chi connectivity index (χ4n) is 2.26. The molecule has 108 valence electrons. The van der Waals surface area contributed by atoms with Crippen LogP contribution in [-0.4, -0.2) is 18.7 Å². The average molecular weight is 304 g/mol. The quantitative estimate of drug-likeness (QED) is 0.496. The highest BCUT2D eigenvalue weighted by Gasteiger charge is 2.20. The Morgan fingerprint density at radius 2 is 1.76 bits per heavy atom. The largest absolute Gasteiger partial charge is 0.296 e. The fraction of sp³-hybridized carbons (Fsp3) is 0.308. The van der Waals surface area contributed by atoms with Crippen molar-refractivity contribution < 1.29 is 13.0 Å². The Morgan fingerprint density at radius 1 is 1.19 bits per heavy atom. The van der Waals surface area contributed by atoms with Crippen molar-refractivity contribution in [3.63, 3.8) is 0 Å². The van der Waals surface area contributed by atoms with Gasteiger partial charge in [-0.25, -0.2) is 0 Å². The van der Waals surface area contributed by atoms with Gasteiger partial charge in [-0.1, -0.05) is 0 Å². The van der Waals surface area contributed by atoms with E-state index in [1.165, 1.54) is 6.07 Å². The topological polar surface area (TPSA) is 126 Å². The van der Waals surface area contributed by atoms with E-state index >= 15 is 0 Å². The Bertz CT molecular complexity index is 769. The number of nitrogens with one attached hydrogen (secondary N) is 1. The molecule has 1 aromatic rings. The molecule has 0 fully saturated rings. The molecule has 0 saturated heterocycles. The molecule has 1 aliphatic carbocycles. The van der Waals surface area contributed by atoms with Gasteiger partial charge in [0.15, 0.2) is 0 Å². The van der Waals surface area contributed by atoms with Crippen LogP contribution in [0.2, 0.25) is 0 Å². The van der Waals surface area contributed by atoms with Gasteiger partial charge in [0.2, 0.25) is 5.71 Å². The molecule has 1 aromatic carbocycles. The second-order valence-electron chi connectivity index (χ2n) is 4.60. The minimum absolute atomic E-state index is 0.0566. The molecular weight excluding hydrogens is 292 g/mol. The van der Waals surface area contributed by atoms with Crippen molar-refractivity contribution >= 4 is 21.5 Å². The normalized spacial score (nSPS) is 13.5. The van der Waals surface area contributed by atoms with Gasteiger partial charge in [-0.15, -0.1) is 0 Å². The molecule has 7 nitrogen and oxygen atoms in total. The first kappa shape index (κ1) is 15.0. The van der Waals surface area contributed by atoms with Crippen LogP contribution < -0.4 is 5.43 Å². The van der Waals surface area contributed by atoms with Crippen LogP contribution in [0.15, 0.2) is 22.1 Å². The third kappa shape index (κ3) is 3.37. The molecule has 8 heteroatoms. The number of hydrogen-bond donors (Lipinski definition) is 2. The average Bonchev–Trinajstić information content (AvgIpc) is 2.46. The molecule has 0 amide bonds. The lowest BCUT2D eigenvalue weighted by molar-refractivity contribution is 0.483. The highest BCUT2D eigenvalue weighted by atomic mass is 32.2. The molecule has 0 aliphatic heterocycles. The van der Waals surface area contributed by atoms with Crippen molar-refractivity contribution in [3.05, 3.63) is 23.3 Å². The third-order valence-corrected chi connectivity index (χ3v) is 4.12. The second kappa shape index (κ2) is 5.92. The summed E-state index contributed by atoms with van der Waals surface area (Å²) in [6.45, 7) is 0. The predicted octanol–water partition coefficient (Wildman–Crippen LogP) is 1.63. The Labute approximate surface area is 122 Å². The molecular formula is C13H12N4O3S. The molecule has 0 atom stereocenters. The van der Waals surface area contributed by atoms with E-state index in [0.717, 1.165) is 36.8 Å². The highest BCUT2D eigenvalue weighted by molar-refractivity contribution is 7.86. The summed E-state index contributed by atoms with van der Waals surface area (Å²) in [5.41, 5.74) is 3.85. The van der Waals surface area contributed by atoms with Crippen LogP contribution in [0.3, 0.4) is 0 Å². The van der Waals surface area contributed by atoms with Gasteiger partial charge >= 0.3 is 0 Å². The molecule has 1 aliphatic rings. The van der Waals surface area contributed by atoms with E-state index in [-0.39, 0.29) is 10.6 Å². The van der Waals surface area contributed by atoms with Crippen molar-refractivity contribution in [2.75, 3.05) is 5.43 Å². The van der Waals surface area contributed by atoms with Crippen LogP contribution in [-0.2, 0) is 23.0 Å². The summed E-state index contributed by atoms with van der Waals surface area (Å²) in [5, 5.41) is 20.8. The van der Waals surface area contributed by atoms with Gasteiger partial charge in [0.25, 0.3) is 10.1 Å². The van der Waals surface area contributed by atoms with Crippen molar-refractivity contribution in [1.82, 2.24) is 0 Å². The van der Waals surface area contributed by atoms with Crippen LogP contribution >= 0.6 is 0 Å². The van der Waals surface area contributed by atoms with Crippen molar-refractivity contribution in [1.29, 1.82) is 10.5 Å². The molecule has 21 heavy (non-hydrogen) atoms. The van der Waals surface area contributed by atoms with Gasteiger partial charge in [0, 0.05) is 0 Å². The first-order valence-corrected chi connectivity index (χ1v) is 7.67. The predicted molar refractivity (Wildman–Crippen MR) is 75.2 cm³/mol. The van der Waals surface area contributed by atoms with Crippen molar-refractivity contribution in [3.8, 4) is 12.1 Å². The van der Waals surface area contributed by atoms with Crippen LogP contribution in [0, 0.1) is 22.7 Å². The van der Waals surface area contributed by atoms with E-state index in [1.54, 1.807) is 18.2 Å². The van der Waals surface area contributed by atoms with Gasteiger partial charge in [0.1, 0.15) is 17.0 Å². The number of rotatable bonds is 3. The molecule has 0 heterocycles. The Hall–Kier alpha value is -2.42. The number of anilines is 1. The lowest BCUT2D eigenvalue weighted by atomic mass is 9.91. The summed E-state index contributed by atoms with van der Waals surface area (Å²) in [4.78, 5) is -0.304. The fourth-order valence-corrected chi connectivity index (χ4v) is 2.93. The van der Waals surface area contributed by atoms with E-state index in [0.29, 0.717) is 0 Å². The first-order valence-electron chi connectivity index (χ1n) is 6.23. The number of nitriles is 2. The second-order valence-corrected chi connectivity index (χ2v) is 5.99. The lowest BCUT2D eigenvalue weighted by Crippen LogP contribution is -2.10. The van der Waals surface area contributed by atoms with Gasteiger partial charge in [-0.3, -0.25) is 9.98 Å². The summed E-state index contributed by atoms with van der Waals surface area (Å²) in [6.07, 6.45) is 3.53. The zero-order chi connectivity index (χ0) is 15.5. The number of hydrazone groups is 1. The Balaban J connectivity index is 2.51. The van der Waals surface area contributed by atoms with E-state index < -0.39 is 15.8 Å². The van der Waals surface area contributed by atoms with E-state index in [4.69, 9.17) is 10.5 Å². The number of nitrogens with zero attached hydrogens (tertiary/aromatic N) is 3. The monoisotopic (exact) mass is 304 g/mol. The van der Waals surface area contributed by atoms with E-state index in [1.807, 2.05) is 0 Å². The van der Waals surface area contributed by atoms with Crippen LogP contribution in [0.25, 0.3) is 0 Å². The Morgan fingerprint density at radius 3 is 2.29 bits per heavy atom. The number of aryl methyl sites for hydroxylation is 2. The SMILES string of the molecule is N#CC(C#N)=NNc1cc2c(cc1S(=O)(=O)O)CCCC2. The van der Waals surface area contributed by atoms with Gasteiger partial charge in [-0.2, -0.15) is 24.0 Å².